The van der Waals surface area contributed by atoms with Crippen molar-refractivity contribution in [3.05, 3.63) is 33.9 Å². The third kappa shape index (κ3) is 2.94. The van der Waals surface area contributed by atoms with E-state index in [4.69, 9.17) is 0 Å². The SMILES string of the molecule is Cc1nc(N2CC=C(C(C)(C)C)CC2)ccc1Br. The highest BCUT2D eigenvalue weighted by Gasteiger charge is 2.21. The lowest BCUT2D eigenvalue weighted by Crippen LogP contribution is -2.31. The summed E-state index contributed by atoms with van der Waals surface area (Å²) in [7, 11) is 0. The maximum Gasteiger partial charge on any atom is 0.129 e. The highest BCUT2D eigenvalue weighted by Crippen LogP contribution is 2.31. The Bertz CT molecular complexity index is 472. The topological polar surface area (TPSA) is 16.1 Å². The van der Waals surface area contributed by atoms with Crippen molar-refractivity contribution in [2.24, 2.45) is 5.41 Å². The predicted octanol–water partition coefficient (Wildman–Crippen LogP) is 4.34. The number of aromatic nitrogens is 1. The van der Waals surface area contributed by atoms with Gasteiger partial charge in [-0.15, -0.1) is 0 Å². The van der Waals surface area contributed by atoms with Gasteiger partial charge in [-0.25, -0.2) is 4.98 Å². The summed E-state index contributed by atoms with van der Waals surface area (Å²) in [5.41, 5.74) is 2.92. The second-order valence-electron chi connectivity index (χ2n) is 5.91. The Morgan fingerprint density at radius 3 is 2.50 bits per heavy atom. The molecular formula is C15H21BrN2. The lowest BCUT2D eigenvalue weighted by atomic mass is 9.83. The van der Waals surface area contributed by atoms with Gasteiger partial charge in [-0.1, -0.05) is 32.4 Å². The van der Waals surface area contributed by atoms with Crippen molar-refractivity contribution in [2.45, 2.75) is 34.1 Å². The fourth-order valence-electron chi connectivity index (χ4n) is 2.27. The second-order valence-corrected chi connectivity index (χ2v) is 6.77. The molecule has 0 spiro atoms. The van der Waals surface area contributed by atoms with Crippen LogP contribution < -0.4 is 4.90 Å². The van der Waals surface area contributed by atoms with Crippen molar-refractivity contribution in [1.29, 1.82) is 0 Å². The molecule has 0 saturated carbocycles. The van der Waals surface area contributed by atoms with Gasteiger partial charge in [0.2, 0.25) is 0 Å². The summed E-state index contributed by atoms with van der Waals surface area (Å²) < 4.78 is 1.08. The first kappa shape index (κ1) is 13.6. The number of nitrogens with zero attached hydrogens (tertiary/aromatic N) is 2. The molecule has 3 heteroatoms. The van der Waals surface area contributed by atoms with Crippen LogP contribution in [-0.4, -0.2) is 18.1 Å². The molecule has 0 aromatic carbocycles. The minimum atomic E-state index is 0.301. The summed E-state index contributed by atoms with van der Waals surface area (Å²) in [6.07, 6.45) is 3.50. The molecule has 0 radical (unpaired) electrons. The van der Waals surface area contributed by atoms with Crippen molar-refractivity contribution >= 4 is 21.7 Å². The van der Waals surface area contributed by atoms with E-state index in [9.17, 15) is 0 Å². The molecule has 2 nitrogen and oxygen atoms in total. The van der Waals surface area contributed by atoms with E-state index in [0.717, 1.165) is 35.5 Å². The second kappa shape index (κ2) is 5.04. The number of hydrogen-bond donors (Lipinski definition) is 0. The summed E-state index contributed by atoms with van der Waals surface area (Å²) in [5.74, 6) is 1.08. The van der Waals surface area contributed by atoms with Crippen molar-refractivity contribution in [2.75, 3.05) is 18.0 Å². The van der Waals surface area contributed by atoms with Gasteiger partial charge in [-0.05, 0) is 46.8 Å². The van der Waals surface area contributed by atoms with Gasteiger partial charge in [0.25, 0.3) is 0 Å². The zero-order valence-corrected chi connectivity index (χ0v) is 13.2. The van der Waals surface area contributed by atoms with Crippen LogP contribution in [0.4, 0.5) is 5.82 Å². The highest BCUT2D eigenvalue weighted by molar-refractivity contribution is 9.10. The van der Waals surface area contributed by atoms with E-state index in [1.54, 1.807) is 5.57 Å². The lowest BCUT2D eigenvalue weighted by Gasteiger charge is -2.33. The van der Waals surface area contributed by atoms with Crippen molar-refractivity contribution in [1.82, 2.24) is 4.98 Å². The molecule has 0 N–H and O–H groups in total. The van der Waals surface area contributed by atoms with Gasteiger partial charge in [-0.3, -0.25) is 0 Å². The van der Waals surface area contributed by atoms with E-state index in [0.29, 0.717) is 5.41 Å². The van der Waals surface area contributed by atoms with Crippen LogP contribution in [0.3, 0.4) is 0 Å². The number of rotatable bonds is 1. The third-order valence-corrected chi connectivity index (χ3v) is 4.34. The Morgan fingerprint density at radius 2 is 2.00 bits per heavy atom. The molecule has 0 saturated heterocycles. The van der Waals surface area contributed by atoms with Crippen LogP contribution in [0.2, 0.25) is 0 Å². The Morgan fingerprint density at radius 1 is 1.28 bits per heavy atom. The number of aryl methyl sites for hydroxylation is 1. The molecule has 2 heterocycles. The first-order valence-electron chi connectivity index (χ1n) is 6.45. The number of halogens is 1. The summed E-state index contributed by atoms with van der Waals surface area (Å²) in [6, 6.07) is 4.17. The van der Waals surface area contributed by atoms with E-state index in [1.165, 1.54) is 0 Å². The van der Waals surface area contributed by atoms with Crippen molar-refractivity contribution < 1.29 is 0 Å². The van der Waals surface area contributed by atoms with E-state index in [1.807, 2.05) is 6.92 Å². The van der Waals surface area contributed by atoms with Gasteiger partial charge in [0.05, 0.1) is 5.69 Å². The Kier molecular flexibility index (Phi) is 3.81. The average Bonchev–Trinajstić information content (AvgIpc) is 2.32. The van der Waals surface area contributed by atoms with Gasteiger partial charge in [0, 0.05) is 17.6 Å². The maximum absolute atomic E-state index is 4.63. The standard InChI is InChI=1S/C15H21BrN2/c1-11-13(16)5-6-14(17-11)18-9-7-12(8-10-18)15(2,3)4/h5-7H,8-10H2,1-4H3. The molecule has 18 heavy (non-hydrogen) atoms. The fourth-order valence-corrected chi connectivity index (χ4v) is 2.49. The van der Waals surface area contributed by atoms with Gasteiger partial charge in [-0.2, -0.15) is 0 Å². The zero-order chi connectivity index (χ0) is 13.3. The van der Waals surface area contributed by atoms with E-state index >= 15 is 0 Å². The minimum absolute atomic E-state index is 0.301. The maximum atomic E-state index is 4.63. The molecule has 0 fully saturated rings. The first-order chi connectivity index (χ1) is 8.38. The summed E-state index contributed by atoms with van der Waals surface area (Å²) in [5, 5.41) is 0. The normalized spacial score (nSPS) is 16.7. The molecule has 1 aromatic heterocycles. The average molecular weight is 309 g/mol. The van der Waals surface area contributed by atoms with E-state index < -0.39 is 0 Å². The molecule has 0 unspecified atom stereocenters. The molecule has 98 valence electrons. The molecule has 0 bridgehead atoms. The summed E-state index contributed by atoms with van der Waals surface area (Å²) >= 11 is 3.50. The van der Waals surface area contributed by atoms with Crippen molar-refractivity contribution in [3.8, 4) is 0 Å². The van der Waals surface area contributed by atoms with E-state index in [-0.39, 0.29) is 0 Å². The molecule has 0 aliphatic carbocycles. The number of pyridine rings is 1. The Hall–Kier alpha value is -0.830. The van der Waals surface area contributed by atoms with Crippen LogP contribution in [0.15, 0.2) is 28.3 Å². The minimum Gasteiger partial charge on any atom is -0.353 e. The Labute approximate surface area is 118 Å². The highest BCUT2D eigenvalue weighted by atomic mass is 79.9. The lowest BCUT2D eigenvalue weighted by molar-refractivity contribution is 0.472. The molecule has 0 atom stereocenters. The van der Waals surface area contributed by atoms with Gasteiger partial charge in [0.1, 0.15) is 5.82 Å². The van der Waals surface area contributed by atoms with Crippen LogP contribution in [0, 0.1) is 12.3 Å². The third-order valence-electron chi connectivity index (χ3n) is 3.50. The molecule has 2 rings (SSSR count). The molecule has 1 aliphatic rings. The van der Waals surface area contributed by atoms with Crippen LogP contribution in [0.1, 0.15) is 32.9 Å². The van der Waals surface area contributed by atoms with Gasteiger partial charge < -0.3 is 4.90 Å². The van der Waals surface area contributed by atoms with Crippen molar-refractivity contribution in [3.63, 3.8) is 0 Å². The largest absolute Gasteiger partial charge is 0.353 e. The quantitative estimate of drug-likeness (QED) is 0.718. The molecule has 1 aromatic rings. The monoisotopic (exact) mass is 308 g/mol. The van der Waals surface area contributed by atoms with Gasteiger partial charge >= 0.3 is 0 Å². The first-order valence-corrected chi connectivity index (χ1v) is 7.25. The van der Waals surface area contributed by atoms with Gasteiger partial charge in [0.15, 0.2) is 0 Å². The van der Waals surface area contributed by atoms with E-state index in [2.05, 4.69) is 64.8 Å². The summed E-state index contributed by atoms with van der Waals surface area (Å²) in [4.78, 5) is 6.98. The smallest absolute Gasteiger partial charge is 0.129 e. The molecule has 0 amide bonds. The van der Waals surface area contributed by atoms with Crippen LogP contribution >= 0.6 is 15.9 Å². The number of anilines is 1. The molecular weight excluding hydrogens is 288 g/mol. The Balaban J connectivity index is 2.14. The fraction of sp³-hybridized carbons (Fsp3) is 0.533. The van der Waals surface area contributed by atoms with Crippen LogP contribution in [0.25, 0.3) is 0 Å². The predicted molar refractivity (Wildman–Crippen MR) is 81.0 cm³/mol. The zero-order valence-electron chi connectivity index (χ0n) is 11.6. The summed E-state index contributed by atoms with van der Waals surface area (Å²) in [6.45, 7) is 10.9. The van der Waals surface area contributed by atoms with Crippen LogP contribution in [0.5, 0.6) is 0 Å². The number of hydrogen-bond acceptors (Lipinski definition) is 2. The van der Waals surface area contributed by atoms with Crippen LogP contribution in [-0.2, 0) is 0 Å². The molecule has 1 aliphatic heterocycles.